The Labute approximate surface area is 137 Å². The number of rotatable bonds is 4. The summed E-state index contributed by atoms with van der Waals surface area (Å²) in [4.78, 5) is 27.8. The van der Waals surface area contributed by atoms with E-state index in [2.05, 4.69) is 19.1 Å². The van der Waals surface area contributed by atoms with Crippen LogP contribution in [0.25, 0.3) is 0 Å². The summed E-state index contributed by atoms with van der Waals surface area (Å²) < 4.78 is 0. The third-order valence-corrected chi connectivity index (χ3v) is 4.67. The molecule has 1 saturated heterocycles. The summed E-state index contributed by atoms with van der Waals surface area (Å²) in [7, 11) is 0. The first-order chi connectivity index (χ1) is 10.9. The molecule has 2 rings (SSSR count). The normalized spacial score (nSPS) is 15.7. The second kappa shape index (κ2) is 7.13. The topological polar surface area (TPSA) is 60.9 Å². The molecule has 0 aliphatic carbocycles. The first-order valence-electron chi connectivity index (χ1n) is 8.17. The van der Waals surface area contributed by atoms with E-state index < -0.39 is 12.0 Å². The molecule has 0 atom stereocenters. The first-order valence-corrected chi connectivity index (χ1v) is 8.17. The smallest absolute Gasteiger partial charge is 0.248 e. The average molecular weight is 318 g/mol. The molecule has 0 saturated carbocycles. The summed E-state index contributed by atoms with van der Waals surface area (Å²) in [6.07, 6.45) is 0.982. The molecule has 1 aliphatic heterocycles. The lowest BCUT2D eigenvalue weighted by Crippen LogP contribution is -2.54. The van der Waals surface area contributed by atoms with E-state index in [1.807, 2.05) is 30.9 Å². The molecule has 0 spiro atoms. The number of hydrogen-bond acceptors (Lipinski definition) is 3. The number of carbonyl (C=O) groups excluding carboxylic acids is 2. The molecule has 1 aromatic rings. The van der Waals surface area contributed by atoms with Crippen molar-refractivity contribution in [2.24, 2.45) is 0 Å². The van der Waals surface area contributed by atoms with Gasteiger partial charge in [0.2, 0.25) is 11.8 Å². The number of aliphatic hydroxyl groups is 1. The van der Waals surface area contributed by atoms with Crippen molar-refractivity contribution < 1.29 is 14.7 Å². The van der Waals surface area contributed by atoms with Gasteiger partial charge in [0.05, 0.1) is 5.41 Å². The molecule has 0 radical (unpaired) electrons. The molecule has 5 nitrogen and oxygen atoms in total. The van der Waals surface area contributed by atoms with Crippen molar-refractivity contribution >= 4 is 11.8 Å². The lowest BCUT2D eigenvalue weighted by Gasteiger charge is -2.38. The van der Waals surface area contributed by atoms with Crippen molar-refractivity contribution in [3.05, 3.63) is 35.4 Å². The number of amides is 2. The van der Waals surface area contributed by atoms with Gasteiger partial charge in [-0.05, 0) is 31.4 Å². The Kier molecular flexibility index (Phi) is 5.42. The van der Waals surface area contributed by atoms with Gasteiger partial charge < -0.3 is 14.9 Å². The summed E-state index contributed by atoms with van der Waals surface area (Å²) in [5.41, 5.74) is 1.68. The number of benzene rings is 1. The minimum atomic E-state index is -0.588. The Morgan fingerprint density at radius 2 is 1.57 bits per heavy atom. The molecule has 1 aromatic carbocycles. The van der Waals surface area contributed by atoms with Gasteiger partial charge in [0.15, 0.2) is 0 Å². The molecule has 0 bridgehead atoms. The van der Waals surface area contributed by atoms with Gasteiger partial charge in [0, 0.05) is 26.2 Å². The van der Waals surface area contributed by atoms with Crippen LogP contribution in [0.15, 0.2) is 24.3 Å². The number of carbonyl (C=O) groups is 2. The van der Waals surface area contributed by atoms with E-state index >= 15 is 0 Å². The van der Waals surface area contributed by atoms with Gasteiger partial charge >= 0.3 is 0 Å². The third kappa shape index (κ3) is 3.72. The molecule has 126 valence electrons. The fourth-order valence-electron chi connectivity index (χ4n) is 2.93. The van der Waals surface area contributed by atoms with Crippen LogP contribution in [0.5, 0.6) is 0 Å². The second-order valence-electron chi connectivity index (χ2n) is 6.51. The predicted molar refractivity (Wildman–Crippen MR) is 89.1 cm³/mol. The van der Waals surface area contributed by atoms with Crippen LogP contribution in [0.1, 0.15) is 31.9 Å². The number of hydrogen-bond donors (Lipinski definition) is 1. The summed E-state index contributed by atoms with van der Waals surface area (Å²) in [5.74, 6) is -0.190. The van der Waals surface area contributed by atoms with E-state index in [9.17, 15) is 9.59 Å². The van der Waals surface area contributed by atoms with Crippen LogP contribution in [0.3, 0.4) is 0 Å². The molecular weight excluding hydrogens is 292 g/mol. The minimum Gasteiger partial charge on any atom is -0.387 e. The van der Waals surface area contributed by atoms with Crippen molar-refractivity contribution in [3.8, 4) is 0 Å². The molecule has 0 unspecified atom stereocenters. The Morgan fingerprint density at radius 3 is 2.04 bits per heavy atom. The molecular formula is C18H26N2O3. The van der Waals surface area contributed by atoms with Crippen molar-refractivity contribution in [1.82, 2.24) is 9.80 Å². The fraction of sp³-hybridized carbons (Fsp3) is 0.556. The van der Waals surface area contributed by atoms with Gasteiger partial charge in [-0.15, -0.1) is 0 Å². The molecule has 1 fully saturated rings. The Morgan fingerprint density at radius 1 is 1.04 bits per heavy atom. The van der Waals surface area contributed by atoms with E-state index in [0.29, 0.717) is 26.2 Å². The van der Waals surface area contributed by atoms with Crippen molar-refractivity contribution in [1.29, 1.82) is 0 Å². The monoisotopic (exact) mass is 318 g/mol. The molecule has 1 heterocycles. The van der Waals surface area contributed by atoms with E-state index in [-0.39, 0.29) is 11.8 Å². The maximum atomic E-state index is 12.9. The van der Waals surface area contributed by atoms with E-state index in [1.165, 1.54) is 5.56 Å². The van der Waals surface area contributed by atoms with Gasteiger partial charge in [0.25, 0.3) is 0 Å². The summed E-state index contributed by atoms with van der Waals surface area (Å²) in [5, 5.41) is 8.91. The molecule has 23 heavy (non-hydrogen) atoms. The van der Waals surface area contributed by atoms with Crippen LogP contribution in [0, 0.1) is 0 Å². The van der Waals surface area contributed by atoms with Crippen LogP contribution >= 0.6 is 0 Å². The lowest BCUT2D eigenvalue weighted by molar-refractivity contribution is -0.143. The van der Waals surface area contributed by atoms with E-state index in [0.717, 1.165) is 12.0 Å². The Bertz CT molecular complexity index is 558. The van der Waals surface area contributed by atoms with Crippen LogP contribution in [0.4, 0.5) is 0 Å². The second-order valence-corrected chi connectivity index (χ2v) is 6.51. The largest absolute Gasteiger partial charge is 0.387 e. The molecule has 1 N–H and O–H groups in total. The summed E-state index contributed by atoms with van der Waals surface area (Å²) >= 11 is 0. The highest BCUT2D eigenvalue weighted by Crippen LogP contribution is 2.26. The molecule has 2 amide bonds. The number of piperazine rings is 1. The number of aliphatic hydroxyl groups excluding tert-OH is 1. The predicted octanol–water partition coefficient (Wildman–Crippen LogP) is 1.19. The highest BCUT2D eigenvalue weighted by atomic mass is 16.3. The summed E-state index contributed by atoms with van der Waals surface area (Å²) in [6.45, 7) is 7.53. The number of aryl methyl sites for hydroxylation is 1. The van der Waals surface area contributed by atoms with Gasteiger partial charge in [0.1, 0.15) is 6.61 Å². The van der Waals surface area contributed by atoms with Crippen LogP contribution in [0.2, 0.25) is 0 Å². The zero-order chi connectivity index (χ0) is 17.0. The standard InChI is InChI=1S/C18H26N2O3/c1-4-14-5-7-15(8-6-14)18(2,3)17(23)20-11-9-19(10-12-20)16(22)13-21/h5-8,21H,4,9-13H2,1-3H3. The van der Waals surface area contributed by atoms with Crippen LogP contribution in [-0.4, -0.2) is 59.5 Å². The third-order valence-electron chi connectivity index (χ3n) is 4.67. The van der Waals surface area contributed by atoms with Crippen molar-refractivity contribution in [3.63, 3.8) is 0 Å². The van der Waals surface area contributed by atoms with Crippen molar-refractivity contribution in [2.45, 2.75) is 32.6 Å². The average Bonchev–Trinajstić information content (AvgIpc) is 2.60. The quantitative estimate of drug-likeness (QED) is 0.907. The highest BCUT2D eigenvalue weighted by Gasteiger charge is 2.35. The highest BCUT2D eigenvalue weighted by molar-refractivity contribution is 5.87. The van der Waals surface area contributed by atoms with Gasteiger partial charge in [-0.25, -0.2) is 0 Å². The van der Waals surface area contributed by atoms with Gasteiger partial charge in [-0.1, -0.05) is 31.2 Å². The fourth-order valence-corrected chi connectivity index (χ4v) is 2.93. The van der Waals surface area contributed by atoms with Crippen LogP contribution in [-0.2, 0) is 21.4 Å². The first kappa shape index (κ1) is 17.5. The van der Waals surface area contributed by atoms with Crippen LogP contribution < -0.4 is 0 Å². The van der Waals surface area contributed by atoms with Gasteiger partial charge in [-0.3, -0.25) is 9.59 Å². The molecule has 0 aromatic heterocycles. The van der Waals surface area contributed by atoms with E-state index in [4.69, 9.17) is 5.11 Å². The molecule has 5 heteroatoms. The Balaban J connectivity index is 2.05. The minimum absolute atomic E-state index is 0.0813. The summed E-state index contributed by atoms with van der Waals surface area (Å²) in [6, 6.07) is 8.20. The zero-order valence-electron chi connectivity index (χ0n) is 14.2. The maximum Gasteiger partial charge on any atom is 0.248 e. The maximum absolute atomic E-state index is 12.9. The lowest BCUT2D eigenvalue weighted by atomic mass is 9.82. The molecule has 1 aliphatic rings. The zero-order valence-corrected chi connectivity index (χ0v) is 14.2. The van der Waals surface area contributed by atoms with Crippen molar-refractivity contribution in [2.75, 3.05) is 32.8 Å². The number of nitrogens with zero attached hydrogens (tertiary/aromatic N) is 2. The van der Waals surface area contributed by atoms with Gasteiger partial charge in [-0.2, -0.15) is 0 Å². The SMILES string of the molecule is CCc1ccc(C(C)(C)C(=O)N2CCN(C(=O)CO)CC2)cc1. The Hall–Kier alpha value is -1.88. The van der Waals surface area contributed by atoms with E-state index in [1.54, 1.807) is 4.90 Å².